The molecule has 3 nitrogen and oxygen atoms in total. The highest BCUT2D eigenvalue weighted by molar-refractivity contribution is 6.56. The molecule has 0 aliphatic heterocycles. The molecule has 0 radical (unpaired) electrons. The number of rotatable bonds is 4. The maximum Gasteiger partial charge on any atom is 0.357 e. The molecule has 0 saturated carbocycles. The predicted octanol–water partition coefficient (Wildman–Crippen LogP) is 2.11. The average molecular weight is 230 g/mol. The van der Waals surface area contributed by atoms with Crippen molar-refractivity contribution in [2.24, 2.45) is 5.16 Å². The summed E-state index contributed by atoms with van der Waals surface area (Å²) in [5, 5.41) is 3.31. The summed E-state index contributed by atoms with van der Waals surface area (Å²) in [5.74, 6) is -0.686. The monoisotopic (exact) mass is 229 g/mol. The smallest absolute Gasteiger partial charge is 0.313 e. The molecule has 0 fully saturated rings. The van der Waals surface area contributed by atoms with Gasteiger partial charge in [0, 0.05) is 6.08 Å². The molecule has 0 heterocycles. The number of carbonyl (C=O) groups excluding carboxylic acids is 1. The molecule has 0 amide bonds. The van der Waals surface area contributed by atoms with Crippen LogP contribution in [-0.4, -0.2) is 22.4 Å². The zero-order valence-electron chi connectivity index (χ0n) is 5.97. The van der Waals surface area contributed by atoms with Gasteiger partial charge >= 0.3 is 5.97 Å². The van der Waals surface area contributed by atoms with Gasteiger partial charge < -0.3 is 4.84 Å². The molecule has 0 rings (SSSR count). The Hall–Kier alpha value is -0.250. The second-order valence-corrected chi connectivity index (χ2v) is 2.99. The van der Waals surface area contributed by atoms with Gasteiger partial charge in [-0.25, -0.2) is 4.79 Å². The van der Waals surface area contributed by atoms with Gasteiger partial charge in [0.15, 0.2) is 0 Å². The number of halogens is 3. The number of hydrogen-bond acceptors (Lipinski definition) is 3. The van der Waals surface area contributed by atoms with Crippen LogP contribution in [0.5, 0.6) is 0 Å². The van der Waals surface area contributed by atoms with Crippen LogP contribution in [0, 0.1) is 0 Å². The van der Waals surface area contributed by atoms with Crippen molar-refractivity contribution in [3.63, 3.8) is 0 Å². The van der Waals surface area contributed by atoms with E-state index in [2.05, 4.69) is 16.6 Å². The van der Waals surface area contributed by atoms with Crippen molar-refractivity contribution in [3.05, 3.63) is 12.7 Å². The van der Waals surface area contributed by atoms with Crippen LogP contribution in [0.15, 0.2) is 17.8 Å². The summed E-state index contributed by atoms with van der Waals surface area (Å²) < 4.78 is 0. The first-order valence-electron chi connectivity index (χ1n) is 2.86. The van der Waals surface area contributed by atoms with Crippen LogP contribution in [0.1, 0.15) is 0 Å². The highest BCUT2D eigenvalue weighted by atomic mass is 35.5. The molecule has 0 aromatic heterocycles. The number of carbonyl (C=O) groups is 1. The third-order valence-corrected chi connectivity index (χ3v) is 1.59. The second kappa shape index (κ2) is 6.29. The molecule has 0 aromatic rings. The fourth-order valence-corrected chi connectivity index (χ4v) is 0.858. The molecule has 12 heavy (non-hydrogen) atoms. The Kier molecular flexibility index (Phi) is 6.16. The normalized spacial score (nSPS) is 11.5. The molecule has 0 saturated heterocycles. The summed E-state index contributed by atoms with van der Waals surface area (Å²) >= 11 is 16.2. The predicted molar refractivity (Wildman–Crippen MR) is 49.9 cm³/mol. The lowest BCUT2D eigenvalue weighted by molar-refractivity contribution is -0.137. The highest BCUT2D eigenvalue weighted by Gasteiger charge is 2.09. The quantitative estimate of drug-likeness (QED) is 0.244. The third-order valence-electron chi connectivity index (χ3n) is 0.808. The van der Waals surface area contributed by atoms with Gasteiger partial charge in [-0.3, -0.25) is 0 Å². The van der Waals surface area contributed by atoms with E-state index >= 15 is 0 Å². The Bertz CT molecular complexity index is 203. The fraction of sp³-hybridized carbons (Fsp3) is 0.333. The Morgan fingerprint density at radius 1 is 1.67 bits per heavy atom. The van der Waals surface area contributed by atoms with Gasteiger partial charge in [0.1, 0.15) is 10.5 Å². The topological polar surface area (TPSA) is 38.7 Å². The van der Waals surface area contributed by atoms with E-state index in [1.54, 1.807) is 0 Å². The summed E-state index contributed by atoms with van der Waals surface area (Å²) in [5.41, 5.74) is 0.176. The molecule has 0 aliphatic rings. The minimum Gasteiger partial charge on any atom is -0.313 e. The molecule has 0 bridgehead atoms. The second-order valence-electron chi connectivity index (χ2n) is 1.63. The maximum atomic E-state index is 10.5. The first-order chi connectivity index (χ1) is 5.61. The van der Waals surface area contributed by atoms with Crippen LogP contribution in [0.4, 0.5) is 0 Å². The van der Waals surface area contributed by atoms with E-state index in [1.807, 2.05) is 0 Å². The Morgan fingerprint density at radius 2 is 2.25 bits per heavy atom. The molecular formula is C6H6Cl3NO2. The summed E-state index contributed by atoms with van der Waals surface area (Å²) in [4.78, 5) is 13.9. The van der Waals surface area contributed by atoms with Gasteiger partial charge in [0.05, 0.1) is 5.88 Å². The van der Waals surface area contributed by atoms with Crippen molar-refractivity contribution in [3.8, 4) is 0 Å². The van der Waals surface area contributed by atoms with Crippen molar-refractivity contribution in [2.75, 3.05) is 5.88 Å². The first-order valence-corrected chi connectivity index (χ1v) is 4.26. The van der Waals surface area contributed by atoms with E-state index in [9.17, 15) is 4.79 Å². The summed E-state index contributed by atoms with van der Waals surface area (Å²) in [6, 6.07) is 0. The zero-order valence-corrected chi connectivity index (χ0v) is 8.23. The third kappa shape index (κ3) is 4.59. The lowest BCUT2D eigenvalue weighted by Gasteiger charge is -2.00. The zero-order chi connectivity index (χ0) is 9.56. The van der Waals surface area contributed by atoms with Crippen LogP contribution in [0.2, 0.25) is 0 Å². The molecule has 0 atom stereocenters. The summed E-state index contributed by atoms with van der Waals surface area (Å²) in [6.45, 7) is 3.17. The fourth-order valence-electron chi connectivity index (χ4n) is 0.263. The van der Waals surface area contributed by atoms with Crippen molar-refractivity contribution < 1.29 is 9.63 Å². The van der Waals surface area contributed by atoms with Crippen LogP contribution in [0.3, 0.4) is 0 Å². The number of hydrogen-bond donors (Lipinski definition) is 0. The van der Waals surface area contributed by atoms with Gasteiger partial charge in [-0.15, -0.1) is 11.6 Å². The van der Waals surface area contributed by atoms with Crippen molar-refractivity contribution in [1.29, 1.82) is 0 Å². The van der Waals surface area contributed by atoms with E-state index < -0.39 is 10.8 Å². The van der Waals surface area contributed by atoms with Crippen molar-refractivity contribution >= 4 is 46.5 Å². The van der Waals surface area contributed by atoms with Crippen molar-refractivity contribution in [1.82, 2.24) is 0 Å². The number of alkyl halides is 3. The Balaban J connectivity index is 4.11. The van der Waals surface area contributed by atoms with E-state index in [0.717, 1.165) is 6.08 Å². The van der Waals surface area contributed by atoms with E-state index in [-0.39, 0.29) is 11.6 Å². The lowest BCUT2D eigenvalue weighted by Crippen LogP contribution is -2.11. The summed E-state index contributed by atoms with van der Waals surface area (Å²) in [7, 11) is 0. The van der Waals surface area contributed by atoms with Gasteiger partial charge in [-0.05, 0) is 0 Å². The minimum atomic E-state index is -0.875. The maximum absolute atomic E-state index is 10.5. The summed E-state index contributed by atoms with van der Waals surface area (Å²) in [6.07, 6.45) is 0.965. The molecule has 0 spiro atoms. The standard InChI is InChI=1S/C6H6Cl3NO2/c1-2-5(11)12-10-4(3-7)6(8)9/h2,6H,1,3H2/b10-4+. The number of oxime groups is 1. The molecule has 0 aliphatic carbocycles. The van der Waals surface area contributed by atoms with Gasteiger partial charge in [-0.1, -0.05) is 34.9 Å². The molecule has 0 unspecified atom stereocenters. The van der Waals surface area contributed by atoms with Crippen molar-refractivity contribution in [2.45, 2.75) is 4.84 Å². The Labute approximate surface area is 84.9 Å². The van der Waals surface area contributed by atoms with Crippen LogP contribution >= 0.6 is 34.8 Å². The first kappa shape index (κ1) is 11.8. The van der Waals surface area contributed by atoms with Crippen LogP contribution in [0.25, 0.3) is 0 Å². The molecule has 0 aromatic carbocycles. The lowest BCUT2D eigenvalue weighted by atomic mass is 10.5. The molecule has 6 heteroatoms. The van der Waals surface area contributed by atoms with E-state index in [1.165, 1.54) is 0 Å². The molecular weight excluding hydrogens is 224 g/mol. The van der Waals surface area contributed by atoms with Crippen LogP contribution < -0.4 is 0 Å². The molecule has 0 N–H and O–H groups in total. The van der Waals surface area contributed by atoms with E-state index in [4.69, 9.17) is 34.8 Å². The number of nitrogens with zero attached hydrogens (tertiary/aromatic N) is 1. The van der Waals surface area contributed by atoms with Gasteiger partial charge in [0.2, 0.25) is 0 Å². The van der Waals surface area contributed by atoms with E-state index in [0.29, 0.717) is 0 Å². The SMILES string of the molecule is C=CC(=O)O/N=C(\CCl)C(Cl)Cl. The Morgan fingerprint density at radius 3 is 2.58 bits per heavy atom. The van der Waals surface area contributed by atoms with Gasteiger partial charge in [-0.2, -0.15) is 0 Å². The average Bonchev–Trinajstić information content (AvgIpc) is 2.04. The highest BCUT2D eigenvalue weighted by Crippen LogP contribution is 2.06. The minimum absolute atomic E-state index is 0.00207. The van der Waals surface area contributed by atoms with Crippen LogP contribution in [-0.2, 0) is 9.63 Å². The molecule has 68 valence electrons. The van der Waals surface area contributed by atoms with Gasteiger partial charge in [0.25, 0.3) is 0 Å². The largest absolute Gasteiger partial charge is 0.357 e.